The molecule has 0 spiro atoms. The van der Waals surface area contributed by atoms with E-state index in [1.165, 1.54) is 18.2 Å². The van der Waals surface area contributed by atoms with Crippen LogP contribution in [0.2, 0.25) is 0 Å². The van der Waals surface area contributed by atoms with Gasteiger partial charge in [-0.2, -0.15) is 25.3 Å². The third kappa shape index (κ3) is 3.08. The summed E-state index contributed by atoms with van der Waals surface area (Å²) in [5, 5.41) is 0.984. The molecule has 4 aromatic rings. The standard InChI is InChI=1S/C16H9IO9S3/c17-10-6-8-3-1-2-7-4-5-9-12(11(7)8)13(10)15(28(21,22)23)16(29(24,25)26)14(9)27(18,19)20/h1-6H,(H,18,19,20)(H,21,22,23)(H,24,25,26). The molecule has 29 heavy (non-hydrogen) atoms. The van der Waals surface area contributed by atoms with E-state index in [2.05, 4.69) is 0 Å². The van der Waals surface area contributed by atoms with Gasteiger partial charge in [0.05, 0.1) is 0 Å². The molecular formula is C16H9IO9S3. The topological polar surface area (TPSA) is 163 Å². The van der Waals surface area contributed by atoms with Gasteiger partial charge >= 0.3 is 0 Å². The van der Waals surface area contributed by atoms with Crippen LogP contribution in [0, 0.1) is 3.57 Å². The van der Waals surface area contributed by atoms with E-state index in [0.717, 1.165) is 0 Å². The van der Waals surface area contributed by atoms with Gasteiger partial charge < -0.3 is 0 Å². The first-order valence-corrected chi connectivity index (χ1v) is 13.0. The highest BCUT2D eigenvalue weighted by molar-refractivity contribution is 14.1. The smallest absolute Gasteiger partial charge is 0.282 e. The quantitative estimate of drug-likeness (QED) is 0.192. The lowest BCUT2D eigenvalue weighted by Gasteiger charge is -2.19. The Balaban J connectivity index is 2.61. The van der Waals surface area contributed by atoms with Gasteiger partial charge in [-0.1, -0.05) is 30.3 Å². The predicted molar refractivity (Wildman–Crippen MR) is 112 cm³/mol. The minimum Gasteiger partial charge on any atom is -0.282 e. The fraction of sp³-hybridized carbons (Fsp3) is 0. The van der Waals surface area contributed by atoms with E-state index in [4.69, 9.17) is 0 Å². The van der Waals surface area contributed by atoms with Crippen LogP contribution in [0.3, 0.4) is 0 Å². The zero-order valence-electron chi connectivity index (χ0n) is 13.9. The van der Waals surface area contributed by atoms with Crippen LogP contribution in [0.15, 0.2) is 51.1 Å². The van der Waals surface area contributed by atoms with E-state index in [-0.39, 0.29) is 19.7 Å². The Hall–Kier alpha value is -1.62. The van der Waals surface area contributed by atoms with Gasteiger partial charge in [0.1, 0.15) is 14.7 Å². The van der Waals surface area contributed by atoms with E-state index >= 15 is 0 Å². The Morgan fingerprint density at radius 3 is 1.72 bits per heavy atom. The second-order valence-corrected chi connectivity index (χ2v) is 11.5. The van der Waals surface area contributed by atoms with Crippen LogP contribution in [0.1, 0.15) is 0 Å². The van der Waals surface area contributed by atoms with Crippen LogP contribution in [0.4, 0.5) is 0 Å². The Labute approximate surface area is 178 Å². The van der Waals surface area contributed by atoms with Gasteiger partial charge in [0.2, 0.25) is 0 Å². The van der Waals surface area contributed by atoms with E-state index in [0.29, 0.717) is 16.2 Å². The molecule has 4 aromatic carbocycles. The largest absolute Gasteiger partial charge is 0.297 e. The lowest BCUT2D eigenvalue weighted by molar-refractivity contribution is 0.458. The van der Waals surface area contributed by atoms with E-state index in [1.807, 2.05) is 0 Å². The van der Waals surface area contributed by atoms with Crippen molar-refractivity contribution in [3.8, 4) is 0 Å². The minimum absolute atomic E-state index is 0.0117. The lowest BCUT2D eigenvalue weighted by atomic mass is 9.94. The fourth-order valence-electron chi connectivity index (χ4n) is 3.60. The van der Waals surface area contributed by atoms with Gasteiger partial charge in [0.25, 0.3) is 30.4 Å². The van der Waals surface area contributed by atoms with Crippen molar-refractivity contribution in [3.05, 3.63) is 40.0 Å². The van der Waals surface area contributed by atoms with Gasteiger partial charge in [-0.15, -0.1) is 0 Å². The van der Waals surface area contributed by atoms with E-state index in [9.17, 15) is 38.9 Å². The average Bonchev–Trinajstić information content (AvgIpc) is 2.56. The maximum Gasteiger partial charge on any atom is 0.297 e. The number of rotatable bonds is 3. The Morgan fingerprint density at radius 1 is 0.621 bits per heavy atom. The number of hydrogen-bond donors (Lipinski definition) is 3. The molecule has 13 heteroatoms. The molecule has 0 fully saturated rings. The number of halogens is 1. The highest BCUT2D eigenvalue weighted by Crippen LogP contribution is 2.46. The maximum absolute atomic E-state index is 12.2. The van der Waals surface area contributed by atoms with E-state index in [1.54, 1.807) is 40.8 Å². The average molecular weight is 568 g/mol. The van der Waals surface area contributed by atoms with Gasteiger partial charge in [-0.05, 0) is 44.8 Å². The highest BCUT2D eigenvalue weighted by Gasteiger charge is 2.37. The fourth-order valence-corrected chi connectivity index (χ4v) is 8.26. The van der Waals surface area contributed by atoms with Crippen molar-refractivity contribution >= 4 is 85.3 Å². The number of hydrogen-bond acceptors (Lipinski definition) is 6. The first-order chi connectivity index (χ1) is 13.2. The van der Waals surface area contributed by atoms with Gasteiger partial charge in [0.15, 0.2) is 0 Å². The molecule has 0 bridgehead atoms. The van der Waals surface area contributed by atoms with Crippen molar-refractivity contribution in [1.82, 2.24) is 0 Å². The third-order valence-electron chi connectivity index (χ3n) is 4.51. The molecule has 152 valence electrons. The van der Waals surface area contributed by atoms with Crippen molar-refractivity contribution in [1.29, 1.82) is 0 Å². The van der Waals surface area contributed by atoms with Gasteiger partial charge in [-0.25, -0.2) is 0 Å². The Morgan fingerprint density at radius 2 is 1.17 bits per heavy atom. The summed E-state index contributed by atoms with van der Waals surface area (Å²) in [5.74, 6) is 0. The molecule has 4 rings (SSSR count). The van der Waals surface area contributed by atoms with Crippen molar-refractivity contribution in [2.75, 3.05) is 0 Å². The summed E-state index contributed by atoms with van der Waals surface area (Å²) in [6.45, 7) is 0. The van der Waals surface area contributed by atoms with Crippen LogP contribution < -0.4 is 0 Å². The molecule has 0 saturated heterocycles. The zero-order chi connectivity index (χ0) is 21.5. The molecule has 0 aromatic heterocycles. The molecule has 3 N–H and O–H groups in total. The molecule has 0 saturated carbocycles. The predicted octanol–water partition coefficient (Wildman–Crippen LogP) is 2.93. The maximum atomic E-state index is 12.2. The van der Waals surface area contributed by atoms with Crippen molar-refractivity contribution in [2.45, 2.75) is 14.7 Å². The molecule has 0 aliphatic heterocycles. The summed E-state index contributed by atoms with van der Waals surface area (Å²) in [7, 11) is -16.2. The summed E-state index contributed by atoms with van der Waals surface area (Å²) >= 11 is 1.71. The summed E-state index contributed by atoms with van der Waals surface area (Å²) in [6.07, 6.45) is 0. The number of benzene rings is 4. The Bertz CT molecular complexity index is 1670. The molecule has 0 aliphatic carbocycles. The molecule has 0 radical (unpaired) electrons. The van der Waals surface area contributed by atoms with Crippen molar-refractivity contribution < 1.29 is 38.9 Å². The molecular weight excluding hydrogens is 559 g/mol. The normalized spacial score (nSPS) is 13.7. The van der Waals surface area contributed by atoms with Crippen LogP contribution in [0.5, 0.6) is 0 Å². The molecule has 0 heterocycles. The summed E-state index contributed by atoms with van der Waals surface area (Å²) in [6, 6.07) is 9.26. The monoisotopic (exact) mass is 568 g/mol. The van der Waals surface area contributed by atoms with Crippen LogP contribution in [0.25, 0.3) is 32.3 Å². The first kappa shape index (κ1) is 20.6. The minimum atomic E-state index is -5.52. The Kier molecular flexibility index (Phi) is 4.41. The lowest BCUT2D eigenvalue weighted by Crippen LogP contribution is -2.16. The second-order valence-electron chi connectivity index (χ2n) is 6.21. The van der Waals surface area contributed by atoms with E-state index < -0.39 is 45.0 Å². The van der Waals surface area contributed by atoms with Crippen molar-refractivity contribution in [2.24, 2.45) is 0 Å². The SMILES string of the molecule is O=S(=O)(O)c1c(S(=O)(=O)O)c2ccc3cccc4cc(I)c(c1S(=O)(=O)O)c2c34. The van der Waals surface area contributed by atoms with Gasteiger partial charge in [-0.3, -0.25) is 13.7 Å². The third-order valence-corrected chi connectivity index (χ3v) is 8.40. The van der Waals surface area contributed by atoms with Crippen LogP contribution >= 0.6 is 22.6 Å². The van der Waals surface area contributed by atoms with Gasteiger partial charge in [0, 0.05) is 19.7 Å². The summed E-state index contributed by atoms with van der Waals surface area (Å²) in [5.41, 5.74) is 0. The molecule has 0 unspecified atom stereocenters. The first-order valence-electron chi connectivity index (χ1n) is 7.58. The molecule has 0 aliphatic rings. The summed E-state index contributed by atoms with van der Waals surface area (Å²) in [4.78, 5) is -4.25. The van der Waals surface area contributed by atoms with Crippen LogP contribution in [-0.4, -0.2) is 38.9 Å². The molecule has 0 amide bonds. The van der Waals surface area contributed by atoms with Crippen molar-refractivity contribution in [3.63, 3.8) is 0 Å². The molecule has 0 atom stereocenters. The zero-order valence-corrected chi connectivity index (χ0v) is 18.5. The highest BCUT2D eigenvalue weighted by atomic mass is 127. The second kappa shape index (κ2) is 6.19. The van der Waals surface area contributed by atoms with Crippen LogP contribution in [-0.2, 0) is 30.4 Å². The molecule has 9 nitrogen and oxygen atoms in total. The summed E-state index contributed by atoms with van der Waals surface area (Å²) < 4.78 is 102.